The third-order valence-electron chi connectivity index (χ3n) is 6.57. The number of rotatable bonds is 3. The number of carbonyl (C=O) groups excluding carboxylic acids is 1. The molecule has 2 fully saturated rings. The molecule has 1 saturated carbocycles. The van der Waals surface area contributed by atoms with Gasteiger partial charge in [0.15, 0.2) is 0 Å². The van der Waals surface area contributed by atoms with Crippen molar-refractivity contribution in [1.29, 1.82) is 0 Å². The quantitative estimate of drug-likeness (QED) is 0.816. The van der Waals surface area contributed by atoms with Crippen LogP contribution < -0.4 is 10.6 Å². The fourth-order valence-corrected chi connectivity index (χ4v) is 4.99. The van der Waals surface area contributed by atoms with Crippen molar-refractivity contribution in [3.8, 4) is 0 Å². The van der Waals surface area contributed by atoms with Gasteiger partial charge in [0.1, 0.15) is 11.4 Å². The Labute approximate surface area is 177 Å². The maximum absolute atomic E-state index is 13.1. The van der Waals surface area contributed by atoms with Crippen LogP contribution in [-0.2, 0) is 11.2 Å². The fourth-order valence-electron chi connectivity index (χ4n) is 4.99. The van der Waals surface area contributed by atoms with Crippen LogP contribution in [-0.4, -0.2) is 46.3 Å². The highest BCUT2D eigenvalue weighted by atomic mass is 16.2. The lowest BCUT2D eigenvalue weighted by atomic mass is 9.84. The van der Waals surface area contributed by atoms with Gasteiger partial charge in [-0.2, -0.15) is 0 Å². The summed E-state index contributed by atoms with van der Waals surface area (Å²) >= 11 is 0. The molecule has 3 aliphatic rings. The van der Waals surface area contributed by atoms with Crippen LogP contribution in [0.15, 0.2) is 53.8 Å². The Balaban J connectivity index is 1.42. The minimum atomic E-state index is -0.347. The van der Waals surface area contributed by atoms with Crippen LogP contribution in [0.5, 0.6) is 0 Å². The van der Waals surface area contributed by atoms with Crippen molar-refractivity contribution in [2.24, 2.45) is 4.99 Å². The molecule has 1 aromatic carbocycles. The summed E-state index contributed by atoms with van der Waals surface area (Å²) < 4.78 is 0. The number of aromatic nitrogens is 1. The summed E-state index contributed by atoms with van der Waals surface area (Å²) in [6.45, 7) is 1.43. The lowest BCUT2D eigenvalue weighted by Gasteiger charge is -2.47. The highest BCUT2D eigenvalue weighted by molar-refractivity contribution is 6.10. The first-order valence-corrected chi connectivity index (χ1v) is 11.1. The summed E-state index contributed by atoms with van der Waals surface area (Å²) in [4.78, 5) is 24.4. The molecule has 0 radical (unpaired) electrons. The molecule has 5 rings (SSSR count). The third-order valence-corrected chi connectivity index (χ3v) is 6.57. The second-order valence-corrected chi connectivity index (χ2v) is 8.75. The zero-order valence-electron chi connectivity index (χ0n) is 17.3. The number of amides is 1. The Kier molecular flexibility index (Phi) is 5.15. The van der Waals surface area contributed by atoms with Crippen molar-refractivity contribution in [2.75, 3.05) is 23.7 Å². The molecule has 30 heavy (non-hydrogen) atoms. The number of likely N-dealkylation sites (tertiary alicyclic amines) is 1. The topological polar surface area (TPSA) is 69.6 Å². The van der Waals surface area contributed by atoms with Crippen LogP contribution in [0.2, 0.25) is 0 Å². The molecule has 2 aromatic rings. The summed E-state index contributed by atoms with van der Waals surface area (Å²) in [6.07, 6.45) is 10.7. The standard InChI is InChI=1S/C24H29N5O/c30-22(15-18-7-5-13-25-16-18)29-14-6-12-24(17-29)23(26-19-8-1-2-9-19)27-20-10-3-4-11-21(20)28-24/h3-5,7,10-11,13,16,19,28H,1-2,6,8-9,12,14-15,17H2,(H,26,27). The molecular formula is C24H29N5O. The predicted octanol–water partition coefficient (Wildman–Crippen LogP) is 3.86. The third kappa shape index (κ3) is 3.78. The Bertz CT molecular complexity index is 938. The van der Waals surface area contributed by atoms with Gasteiger partial charge in [0.25, 0.3) is 0 Å². The van der Waals surface area contributed by atoms with E-state index in [9.17, 15) is 4.79 Å². The summed E-state index contributed by atoms with van der Waals surface area (Å²) in [7, 11) is 0. The molecule has 1 amide bonds. The second kappa shape index (κ2) is 8.09. The molecule has 3 heterocycles. The molecular weight excluding hydrogens is 374 g/mol. The van der Waals surface area contributed by atoms with E-state index in [-0.39, 0.29) is 11.4 Å². The average Bonchev–Trinajstić information content (AvgIpc) is 3.28. The Morgan fingerprint density at radius 3 is 2.77 bits per heavy atom. The number of anilines is 2. The van der Waals surface area contributed by atoms with Crippen LogP contribution in [0.3, 0.4) is 0 Å². The van der Waals surface area contributed by atoms with E-state index in [1.165, 1.54) is 12.8 Å². The molecule has 156 valence electrons. The number of fused-ring (bicyclic) bond motifs is 1. The molecule has 6 nitrogen and oxygen atoms in total. The number of nitrogens with zero attached hydrogens (tertiary/aromatic N) is 3. The number of hydrogen-bond acceptors (Lipinski definition) is 4. The highest BCUT2D eigenvalue weighted by Gasteiger charge is 2.44. The van der Waals surface area contributed by atoms with Gasteiger partial charge < -0.3 is 15.5 Å². The first-order chi connectivity index (χ1) is 14.7. The van der Waals surface area contributed by atoms with Crippen molar-refractivity contribution >= 4 is 23.1 Å². The van der Waals surface area contributed by atoms with E-state index in [0.717, 1.165) is 55.0 Å². The van der Waals surface area contributed by atoms with Crippen molar-refractivity contribution in [2.45, 2.75) is 56.5 Å². The predicted molar refractivity (Wildman–Crippen MR) is 120 cm³/mol. The summed E-state index contributed by atoms with van der Waals surface area (Å²) in [5.74, 6) is 1.16. The van der Waals surface area contributed by atoms with E-state index in [4.69, 9.17) is 4.99 Å². The molecule has 1 atom stereocenters. The van der Waals surface area contributed by atoms with E-state index in [2.05, 4.69) is 33.8 Å². The summed E-state index contributed by atoms with van der Waals surface area (Å²) in [5.41, 5.74) is 2.77. The molecule has 1 spiro atoms. The van der Waals surface area contributed by atoms with E-state index in [1.807, 2.05) is 23.1 Å². The molecule has 1 unspecified atom stereocenters. The highest BCUT2D eigenvalue weighted by Crippen LogP contribution is 2.37. The monoisotopic (exact) mass is 403 g/mol. The number of nitrogens with one attached hydrogen (secondary N) is 2. The molecule has 1 saturated heterocycles. The van der Waals surface area contributed by atoms with Gasteiger partial charge >= 0.3 is 0 Å². The lowest BCUT2D eigenvalue weighted by molar-refractivity contribution is -0.131. The van der Waals surface area contributed by atoms with Gasteiger partial charge in [0.05, 0.1) is 30.4 Å². The summed E-state index contributed by atoms with van der Waals surface area (Å²) in [5, 5.41) is 7.42. The first kappa shape index (κ1) is 19.1. The van der Waals surface area contributed by atoms with Crippen LogP contribution in [0, 0.1) is 0 Å². The van der Waals surface area contributed by atoms with E-state index in [1.54, 1.807) is 12.4 Å². The van der Waals surface area contributed by atoms with Gasteiger partial charge in [-0.3, -0.25) is 14.8 Å². The number of hydrogen-bond donors (Lipinski definition) is 2. The first-order valence-electron chi connectivity index (χ1n) is 11.1. The zero-order valence-corrected chi connectivity index (χ0v) is 17.3. The SMILES string of the molecule is O=C(Cc1cccnc1)N1CCCC2(C1)Nc1ccccc1NC2=NC1CCCC1. The van der Waals surface area contributed by atoms with Crippen LogP contribution in [0.25, 0.3) is 0 Å². The minimum Gasteiger partial charge on any atom is -0.370 e. The summed E-state index contributed by atoms with van der Waals surface area (Å²) in [6, 6.07) is 12.5. The molecule has 2 aliphatic heterocycles. The Morgan fingerprint density at radius 2 is 1.97 bits per heavy atom. The minimum absolute atomic E-state index is 0.156. The number of aliphatic imine (C=N–C) groups is 1. The normalized spacial score (nSPS) is 25.1. The van der Waals surface area contributed by atoms with Crippen LogP contribution in [0.1, 0.15) is 44.1 Å². The number of carbonyl (C=O) groups is 1. The fraction of sp³-hybridized carbons (Fsp3) is 0.458. The molecule has 6 heteroatoms. The molecule has 0 bridgehead atoms. The van der Waals surface area contributed by atoms with Crippen molar-refractivity contribution in [3.63, 3.8) is 0 Å². The number of piperidine rings is 1. The van der Waals surface area contributed by atoms with Crippen molar-refractivity contribution in [1.82, 2.24) is 9.88 Å². The van der Waals surface area contributed by atoms with Gasteiger partial charge in [-0.25, -0.2) is 0 Å². The molecule has 1 aromatic heterocycles. The van der Waals surface area contributed by atoms with E-state index in [0.29, 0.717) is 19.0 Å². The van der Waals surface area contributed by atoms with Gasteiger partial charge in [0, 0.05) is 18.9 Å². The number of benzene rings is 1. The van der Waals surface area contributed by atoms with Crippen LogP contribution in [0.4, 0.5) is 11.4 Å². The largest absolute Gasteiger partial charge is 0.370 e. The number of amidine groups is 1. The van der Waals surface area contributed by atoms with E-state index >= 15 is 0 Å². The second-order valence-electron chi connectivity index (χ2n) is 8.75. The maximum Gasteiger partial charge on any atom is 0.227 e. The Hall–Kier alpha value is -2.89. The average molecular weight is 404 g/mol. The number of para-hydroxylation sites is 2. The zero-order chi connectivity index (χ0) is 20.4. The van der Waals surface area contributed by atoms with Crippen LogP contribution >= 0.6 is 0 Å². The van der Waals surface area contributed by atoms with Gasteiger partial charge in [0.2, 0.25) is 5.91 Å². The molecule has 1 aliphatic carbocycles. The number of pyridine rings is 1. The smallest absolute Gasteiger partial charge is 0.227 e. The van der Waals surface area contributed by atoms with E-state index < -0.39 is 0 Å². The Morgan fingerprint density at radius 1 is 1.13 bits per heavy atom. The van der Waals surface area contributed by atoms with Crippen molar-refractivity contribution in [3.05, 3.63) is 54.4 Å². The van der Waals surface area contributed by atoms with Gasteiger partial charge in [-0.1, -0.05) is 31.0 Å². The van der Waals surface area contributed by atoms with Crippen molar-refractivity contribution < 1.29 is 4.79 Å². The maximum atomic E-state index is 13.1. The van der Waals surface area contributed by atoms with Gasteiger partial charge in [-0.05, 0) is 49.4 Å². The lowest BCUT2D eigenvalue weighted by Crippen LogP contribution is -2.62. The molecule has 2 N–H and O–H groups in total. The van der Waals surface area contributed by atoms with Gasteiger partial charge in [-0.15, -0.1) is 0 Å².